The van der Waals surface area contributed by atoms with Crippen molar-refractivity contribution < 1.29 is 14.3 Å². The van der Waals surface area contributed by atoms with Gasteiger partial charge in [-0.3, -0.25) is 9.59 Å². The maximum atomic E-state index is 12.1. The lowest BCUT2D eigenvalue weighted by molar-refractivity contribution is -0.139. The molecule has 0 aliphatic heterocycles. The Morgan fingerprint density at radius 2 is 2.12 bits per heavy atom. The van der Waals surface area contributed by atoms with Crippen LogP contribution in [0.2, 0.25) is 0 Å². The lowest BCUT2D eigenvalue weighted by Gasteiger charge is -2.04. The minimum Gasteiger partial charge on any atom is -0.469 e. The Morgan fingerprint density at radius 3 is 2.96 bits per heavy atom. The first kappa shape index (κ1) is 17.3. The van der Waals surface area contributed by atoms with Gasteiger partial charge in [-0.2, -0.15) is 0 Å². The highest BCUT2D eigenvalue weighted by atomic mass is 32.2. The number of amides is 1. The molecule has 128 valence electrons. The summed E-state index contributed by atoms with van der Waals surface area (Å²) in [7, 11) is 1.32. The largest absolute Gasteiger partial charge is 0.469 e. The summed E-state index contributed by atoms with van der Waals surface area (Å²) in [5, 5.41) is 6.57. The fourth-order valence-electron chi connectivity index (χ4n) is 2.05. The third-order valence-corrected chi connectivity index (χ3v) is 5.01. The van der Waals surface area contributed by atoms with Crippen LogP contribution in [0.25, 0.3) is 10.9 Å². The highest BCUT2D eigenvalue weighted by molar-refractivity contribution is 8.00. The van der Waals surface area contributed by atoms with Crippen LogP contribution in [0.4, 0.5) is 5.13 Å². The molecular weight excluding hydrogens is 360 g/mol. The molecule has 0 radical (unpaired) electrons. The normalized spacial score (nSPS) is 10.6. The number of fused-ring (bicyclic) bond motifs is 1. The van der Waals surface area contributed by atoms with Crippen molar-refractivity contribution in [1.29, 1.82) is 0 Å². The number of hydrogen-bond donors (Lipinski definition) is 1. The molecule has 0 atom stereocenters. The predicted octanol–water partition coefficient (Wildman–Crippen LogP) is 2.53. The molecule has 1 amide bonds. The molecule has 2 heterocycles. The smallest absolute Gasteiger partial charge is 0.311 e. The molecule has 1 aromatic carbocycles. The third kappa shape index (κ3) is 4.52. The Kier molecular flexibility index (Phi) is 5.56. The molecule has 0 saturated carbocycles. The van der Waals surface area contributed by atoms with E-state index in [0.717, 1.165) is 15.9 Å². The number of nitrogens with one attached hydrogen (secondary N) is 1. The van der Waals surface area contributed by atoms with Gasteiger partial charge in [-0.1, -0.05) is 30.0 Å². The van der Waals surface area contributed by atoms with Crippen molar-refractivity contribution in [3.05, 3.63) is 41.7 Å². The van der Waals surface area contributed by atoms with Crippen molar-refractivity contribution in [3.8, 4) is 0 Å². The lowest BCUT2D eigenvalue weighted by atomic mass is 10.2. The Balaban J connectivity index is 1.58. The van der Waals surface area contributed by atoms with Gasteiger partial charge in [-0.25, -0.2) is 15.0 Å². The number of anilines is 1. The number of aromatic nitrogens is 3. The highest BCUT2D eigenvalue weighted by Crippen LogP contribution is 2.24. The van der Waals surface area contributed by atoms with Crippen LogP contribution in [0.1, 0.15) is 5.69 Å². The van der Waals surface area contributed by atoms with Gasteiger partial charge >= 0.3 is 5.97 Å². The van der Waals surface area contributed by atoms with E-state index in [0.29, 0.717) is 10.8 Å². The summed E-state index contributed by atoms with van der Waals surface area (Å²) < 4.78 is 4.59. The number of ether oxygens (including phenoxy) is 1. The first-order valence-corrected chi connectivity index (χ1v) is 9.16. The van der Waals surface area contributed by atoms with E-state index in [9.17, 15) is 9.59 Å². The fraction of sp³-hybridized carbons (Fsp3) is 0.188. The van der Waals surface area contributed by atoms with Crippen molar-refractivity contribution in [2.45, 2.75) is 11.4 Å². The van der Waals surface area contributed by atoms with E-state index in [4.69, 9.17) is 0 Å². The fourth-order valence-corrected chi connectivity index (χ4v) is 3.57. The van der Waals surface area contributed by atoms with Crippen molar-refractivity contribution >= 4 is 51.0 Å². The molecule has 3 rings (SSSR count). The van der Waals surface area contributed by atoms with Gasteiger partial charge in [0.05, 0.1) is 30.5 Å². The summed E-state index contributed by atoms with van der Waals surface area (Å²) in [6.45, 7) is 0. The molecule has 7 nitrogen and oxygen atoms in total. The van der Waals surface area contributed by atoms with Gasteiger partial charge in [-0.05, 0) is 6.07 Å². The van der Waals surface area contributed by atoms with E-state index >= 15 is 0 Å². The molecule has 0 aliphatic rings. The van der Waals surface area contributed by atoms with Gasteiger partial charge in [0.1, 0.15) is 11.4 Å². The van der Waals surface area contributed by atoms with Gasteiger partial charge in [-0.15, -0.1) is 11.3 Å². The van der Waals surface area contributed by atoms with E-state index in [2.05, 4.69) is 25.0 Å². The van der Waals surface area contributed by atoms with E-state index < -0.39 is 0 Å². The zero-order valence-electron chi connectivity index (χ0n) is 13.3. The molecule has 0 saturated heterocycles. The summed E-state index contributed by atoms with van der Waals surface area (Å²) in [6, 6.07) is 7.65. The van der Waals surface area contributed by atoms with Crippen LogP contribution >= 0.6 is 23.1 Å². The van der Waals surface area contributed by atoms with Crippen molar-refractivity contribution in [3.63, 3.8) is 0 Å². The predicted molar refractivity (Wildman–Crippen MR) is 96.7 cm³/mol. The van der Waals surface area contributed by atoms with E-state index in [-0.39, 0.29) is 24.1 Å². The van der Waals surface area contributed by atoms with Crippen LogP contribution in [0, 0.1) is 0 Å². The van der Waals surface area contributed by atoms with Gasteiger partial charge < -0.3 is 10.1 Å². The number of methoxy groups -OCH3 is 1. The second-order valence-corrected chi connectivity index (χ2v) is 6.75. The Labute approximate surface area is 151 Å². The molecule has 0 unspecified atom stereocenters. The summed E-state index contributed by atoms with van der Waals surface area (Å²) in [6.07, 6.45) is 1.58. The minimum atomic E-state index is -0.366. The minimum absolute atomic E-state index is 0.0878. The first-order valence-electron chi connectivity index (χ1n) is 7.29. The molecule has 0 aliphatic carbocycles. The van der Waals surface area contributed by atoms with Crippen molar-refractivity contribution in [1.82, 2.24) is 15.0 Å². The molecule has 25 heavy (non-hydrogen) atoms. The summed E-state index contributed by atoms with van der Waals surface area (Å²) >= 11 is 2.61. The Morgan fingerprint density at radius 1 is 1.28 bits per heavy atom. The summed E-state index contributed by atoms with van der Waals surface area (Å²) in [5.74, 6) is -0.353. The molecule has 0 fully saturated rings. The number of carbonyl (C=O) groups excluding carboxylic acids is 2. The molecular formula is C16H14N4O3S2. The zero-order chi connectivity index (χ0) is 17.6. The molecule has 0 spiro atoms. The number of hydrogen-bond acceptors (Lipinski definition) is 8. The Bertz CT molecular complexity index is 908. The van der Waals surface area contributed by atoms with Gasteiger partial charge in [0.25, 0.3) is 0 Å². The number of para-hydroxylation sites is 1. The molecule has 9 heteroatoms. The maximum Gasteiger partial charge on any atom is 0.311 e. The average Bonchev–Trinajstić information content (AvgIpc) is 3.06. The third-order valence-electron chi connectivity index (χ3n) is 3.20. The number of thiazole rings is 1. The maximum absolute atomic E-state index is 12.1. The van der Waals surface area contributed by atoms with Gasteiger partial charge in [0.2, 0.25) is 5.91 Å². The van der Waals surface area contributed by atoms with Crippen LogP contribution < -0.4 is 5.32 Å². The lowest BCUT2D eigenvalue weighted by Crippen LogP contribution is -2.14. The SMILES string of the molecule is COC(=O)Cc1csc(NC(=O)CSc2ncnc3ccccc23)n1. The van der Waals surface area contributed by atoms with E-state index in [1.807, 2.05) is 24.3 Å². The zero-order valence-corrected chi connectivity index (χ0v) is 14.9. The number of rotatable bonds is 6. The number of benzene rings is 1. The van der Waals surface area contributed by atoms with Crippen LogP contribution in [0.3, 0.4) is 0 Å². The second-order valence-electron chi connectivity index (χ2n) is 4.93. The van der Waals surface area contributed by atoms with E-state index in [1.54, 1.807) is 5.38 Å². The van der Waals surface area contributed by atoms with Crippen molar-refractivity contribution in [2.75, 3.05) is 18.2 Å². The number of thioether (sulfide) groups is 1. The van der Waals surface area contributed by atoms with Gasteiger partial charge in [0.15, 0.2) is 5.13 Å². The quantitative estimate of drug-likeness (QED) is 0.402. The van der Waals surface area contributed by atoms with Crippen LogP contribution in [0.15, 0.2) is 41.0 Å². The van der Waals surface area contributed by atoms with Gasteiger partial charge in [0, 0.05) is 10.8 Å². The van der Waals surface area contributed by atoms with Crippen LogP contribution in [-0.4, -0.2) is 39.7 Å². The monoisotopic (exact) mass is 374 g/mol. The summed E-state index contributed by atoms with van der Waals surface area (Å²) in [5.41, 5.74) is 1.41. The molecule has 2 aromatic heterocycles. The molecule has 1 N–H and O–H groups in total. The van der Waals surface area contributed by atoms with Crippen LogP contribution in [0.5, 0.6) is 0 Å². The first-order chi connectivity index (χ1) is 12.2. The topological polar surface area (TPSA) is 94.1 Å². The molecule has 3 aromatic rings. The molecule has 0 bridgehead atoms. The number of carbonyl (C=O) groups is 2. The number of nitrogens with zero attached hydrogens (tertiary/aromatic N) is 3. The van der Waals surface area contributed by atoms with Crippen LogP contribution in [-0.2, 0) is 20.7 Å². The summed E-state index contributed by atoms with van der Waals surface area (Å²) in [4.78, 5) is 36.0. The second kappa shape index (κ2) is 8.04. The highest BCUT2D eigenvalue weighted by Gasteiger charge is 2.11. The Hall–Kier alpha value is -2.52. The number of esters is 1. The average molecular weight is 374 g/mol. The van der Waals surface area contributed by atoms with Crippen molar-refractivity contribution in [2.24, 2.45) is 0 Å². The van der Waals surface area contributed by atoms with E-state index in [1.165, 1.54) is 36.5 Å². The standard InChI is InChI=1S/C16H14N4O3S2/c1-23-14(22)6-10-7-25-16(19-10)20-13(21)8-24-15-11-4-2-3-5-12(11)17-9-18-15/h2-5,7,9H,6,8H2,1H3,(H,19,20,21).